The first-order valence-corrected chi connectivity index (χ1v) is 4.02. The fraction of sp³-hybridized carbons (Fsp3) is 0.714. The minimum atomic E-state index is -0.248. The van der Waals surface area contributed by atoms with Crippen molar-refractivity contribution in [3.8, 4) is 6.07 Å². The van der Waals surface area contributed by atoms with E-state index >= 15 is 0 Å². The number of nitriles is 1. The van der Waals surface area contributed by atoms with E-state index in [2.05, 4.69) is 12.6 Å². The Balaban J connectivity index is 3.71. The summed E-state index contributed by atoms with van der Waals surface area (Å²) in [5.74, 6) is 0. The summed E-state index contributed by atoms with van der Waals surface area (Å²) in [6.45, 7) is 3.16. The van der Waals surface area contributed by atoms with Gasteiger partial charge in [-0.25, -0.2) is 0 Å². The standard InChI is InChI=1S/C7H12N2OS/c1-2-5-9(7(10)11)6-3-4-8/h2-3,5-6H2,1H3,(H,10,11). The van der Waals surface area contributed by atoms with E-state index in [4.69, 9.17) is 5.26 Å². The number of hydrogen-bond acceptors (Lipinski definition) is 2. The first kappa shape index (κ1) is 10.3. The van der Waals surface area contributed by atoms with Crippen molar-refractivity contribution in [3.05, 3.63) is 0 Å². The van der Waals surface area contributed by atoms with Gasteiger partial charge in [0.1, 0.15) is 0 Å². The topological polar surface area (TPSA) is 44.1 Å². The second-order valence-corrected chi connectivity index (χ2v) is 2.56. The molecule has 0 spiro atoms. The second-order valence-electron chi connectivity index (χ2n) is 2.18. The molecule has 0 aromatic heterocycles. The van der Waals surface area contributed by atoms with Gasteiger partial charge in [-0.05, 0) is 6.42 Å². The highest BCUT2D eigenvalue weighted by atomic mass is 32.1. The molecular formula is C7H12N2OS. The van der Waals surface area contributed by atoms with E-state index in [9.17, 15) is 4.79 Å². The van der Waals surface area contributed by atoms with E-state index in [1.54, 1.807) is 4.90 Å². The molecule has 0 atom stereocenters. The lowest BCUT2D eigenvalue weighted by atomic mass is 10.4. The van der Waals surface area contributed by atoms with Crippen LogP contribution in [0.1, 0.15) is 19.8 Å². The van der Waals surface area contributed by atoms with Gasteiger partial charge in [0, 0.05) is 13.1 Å². The maximum Gasteiger partial charge on any atom is 0.278 e. The first-order chi connectivity index (χ1) is 5.22. The van der Waals surface area contributed by atoms with Crippen LogP contribution in [-0.4, -0.2) is 23.2 Å². The number of hydrogen-bond donors (Lipinski definition) is 1. The monoisotopic (exact) mass is 172 g/mol. The minimum Gasteiger partial charge on any atom is -0.333 e. The van der Waals surface area contributed by atoms with Crippen LogP contribution in [-0.2, 0) is 0 Å². The van der Waals surface area contributed by atoms with E-state index in [0.717, 1.165) is 6.42 Å². The fourth-order valence-corrected chi connectivity index (χ4v) is 0.958. The van der Waals surface area contributed by atoms with E-state index in [0.29, 0.717) is 19.5 Å². The smallest absolute Gasteiger partial charge is 0.278 e. The third kappa shape index (κ3) is 4.68. The Labute approximate surface area is 72.4 Å². The molecule has 0 fully saturated rings. The number of rotatable bonds is 4. The molecule has 0 saturated heterocycles. The van der Waals surface area contributed by atoms with E-state index in [1.807, 2.05) is 13.0 Å². The van der Waals surface area contributed by atoms with Crippen molar-refractivity contribution in [1.82, 2.24) is 4.90 Å². The number of carbonyl (C=O) groups excluding carboxylic acids is 1. The molecule has 0 aliphatic heterocycles. The van der Waals surface area contributed by atoms with Gasteiger partial charge in [0.2, 0.25) is 0 Å². The molecule has 0 N–H and O–H groups in total. The molecule has 0 bridgehead atoms. The van der Waals surface area contributed by atoms with Gasteiger partial charge in [-0.3, -0.25) is 4.79 Å². The molecule has 0 aliphatic carbocycles. The molecule has 1 amide bonds. The minimum absolute atomic E-state index is 0.248. The summed E-state index contributed by atoms with van der Waals surface area (Å²) >= 11 is 3.68. The normalized spacial score (nSPS) is 8.82. The second kappa shape index (κ2) is 6.05. The summed E-state index contributed by atoms with van der Waals surface area (Å²) in [6, 6.07) is 1.98. The van der Waals surface area contributed by atoms with Gasteiger partial charge in [-0.15, -0.1) is 0 Å². The molecule has 0 heterocycles. The van der Waals surface area contributed by atoms with Crippen LogP contribution in [0.4, 0.5) is 4.79 Å². The predicted molar refractivity (Wildman–Crippen MR) is 46.5 cm³/mol. The Hall–Kier alpha value is -0.690. The Bertz CT molecular complexity index is 164. The molecule has 0 saturated carbocycles. The fourth-order valence-electron chi connectivity index (χ4n) is 0.758. The van der Waals surface area contributed by atoms with Crippen LogP contribution >= 0.6 is 12.6 Å². The van der Waals surface area contributed by atoms with Crippen LogP contribution in [0.3, 0.4) is 0 Å². The third-order valence-electron chi connectivity index (χ3n) is 1.26. The molecule has 0 unspecified atom stereocenters. The molecule has 0 aromatic carbocycles. The van der Waals surface area contributed by atoms with E-state index in [-0.39, 0.29) is 5.24 Å². The van der Waals surface area contributed by atoms with Crippen molar-refractivity contribution in [2.24, 2.45) is 0 Å². The number of amides is 1. The average molecular weight is 172 g/mol. The first-order valence-electron chi connectivity index (χ1n) is 3.57. The summed E-state index contributed by atoms with van der Waals surface area (Å²) in [4.78, 5) is 12.3. The van der Waals surface area contributed by atoms with Crippen molar-refractivity contribution in [2.75, 3.05) is 13.1 Å². The van der Waals surface area contributed by atoms with Crippen molar-refractivity contribution >= 4 is 17.9 Å². The predicted octanol–water partition coefficient (Wildman–Crippen LogP) is 1.66. The van der Waals surface area contributed by atoms with Gasteiger partial charge in [0.25, 0.3) is 5.24 Å². The van der Waals surface area contributed by atoms with Crippen LogP contribution in [0, 0.1) is 11.3 Å². The van der Waals surface area contributed by atoms with E-state index < -0.39 is 0 Å². The van der Waals surface area contributed by atoms with Crippen molar-refractivity contribution < 1.29 is 4.79 Å². The van der Waals surface area contributed by atoms with Crippen LogP contribution in [0.15, 0.2) is 0 Å². The SMILES string of the molecule is CCCN(CCC#N)C(=O)S. The Morgan fingerprint density at radius 2 is 2.27 bits per heavy atom. The summed E-state index contributed by atoms with van der Waals surface area (Å²) in [6.07, 6.45) is 1.28. The zero-order valence-electron chi connectivity index (χ0n) is 6.58. The summed E-state index contributed by atoms with van der Waals surface area (Å²) in [5, 5.41) is 8.00. The molecule has 0 rings (SSSR count). The molecule has 4 heteroatoms. The molecule has 0 radical (unpaired) electrons. The summed E-state index contributed by atoms with van der Waals surface area (Å²) in [7, 11) is 0. The van der Waals surface area contributed by atoms with Crippen molar-refractivity contribution in [3.63, 3.8) is 0 Å². The molecule has 11 heavy (non-hydrogen) atoms. The van der Waals surface area contributed by atoms with Gasteiger partial charge < -0.3 is 4.90 Å². The highest BCUT2D eigenvalue weighted by Gasteiger charge is 2.06. The molecular weight excluding hydrogens is 160 g/mol. The molecule has 0 aliphatic rings. The largest absolute Gasteiger partial charge is 0.333 e. The maximum atomic E-state index is 10.7. The molecule has 62 valence electrons. The van der Waals surface area contributed by atoms with Crippen LogP contribution < -0.4 is 0 Å². The third-order valence-corrected chi connectivity index (χ3v) is 1.54. The Kier molecular flexibility index (Phi) is 5.67. The number of thiol groups is 1. The molecule has 0 aromatic rings. The average Bonchev–Trinajstić information content (AvgIpc) is 1.97. The van der Waals surface area contributed by atoms with Crippen LogP contribution in [0.2, 0.25) is 0 Å². The summed E-state index contributed by atoms with van der Waals surface area (Å²) < 4.78 is 0. The van der Waals surface area contributed by atoms with Gasteiger partial charge in [-0.1, -0.05) is 19.6 Å². The van der Waals surface area contributed by atoms with Gasteiger partial charge in [0.05, 0.1) is 12.5 Å². The van der Waals surface area contributed by atoms with Gasteiger partial charge in [-0.2, -0.15) is 5.26 Å². The number of nitrogens with zero attached hydrogens (tertiary/aromatic N) is 2. The van der Waals surface area contributed by atoms with Crippen molar-refractivity contribution in [2.45, 2.75) is 19.8 Å². The summed E-state index contributed by atoms with van der Waals surface area (Å²) in [5.41, 5.74) is 0. The Morgan fingerprint density at radius 3 is 2.64 bits per heavy atom. The molecule has 3 nitrogen and oxygen atoms in total. The van der Waals surface area contributed by atoms with Crippen LogP contribution in [0.25, 0.3) is 0 Å². The highest BCUT2D eigenvalue weighted by Crippen LogP contribution is 1.98. The Morgan fingerprint density at radius 1 is 1.64 bits per heavy atom. The lowest BCUT2D eigenvalue weighted by Gasteiger charge is -2.17. The van der Waals surface area contributed by atoms with Gasteiger partial charge in [0.15, 0.2) is 0 Å². The lowest BCUT2D eigenvalue weighted by molar-refractivity contribution is 0.224. The van der Waals surface area contributed by atoms with Crippen LogP contribution in [0.5, 0.6) is 0 Å². The zero-order valence-corrected chi connectivity index (χ0v) is 7.47. The number of carbonyl (C=O) groups is 1. The maximum absolute atomic E-state index is 10.7. The quantitative estimate of drug-likeness (QED) is 0.655. The highest BCUT2D eigenvalue weighted by molar-refractivity contribution is 7.96. The van der Waals surface area contributed by atoms with Gasteiger partial charge >= 0.3 is 0 Å². The zero-order chi connectivity index (χ0) is 8.69. The van der Waals surface area contributed by atoms with E-state index in [1.165, 1.54) is 0 Å². The lowest BCUT2D eigenvalue weighted by Crippen LogP contribution is -2.27. The van der Waals surface area contributed by atoms with Crippen molar-refractivity contribution in [1.29, 1.82) is 5.26 Å².